The van der Waals surface area contributed by atoms with Crippen molar-refractivity contribution in [1.82, 2.24) is 14.8 Å². The number of anilines is 2. The predicted octanol–water partition coefficient (Wildman–Crippen LogP) is 5.60. The number of pyridine rings is 1. The topological polar surface area (TPSA) is 63.1 Å². The summed E-state index contributed by atoms with van der Waals surface area (Å²) in [4.78, 5) is 19.4. The van der Waals surface area contributed by atoms with E-state index in [1.807, 2.05) is 71.4 Å². The molecule has 0 fully saturated rings. The van der Waals surface area contributed by atoms with Gasteiger partial charge in [-0.2, -0.15) is 5.10 Å². The third-order valence-electron chi connectivity index (χ3n) is 5.46. The van der Waals surface area contributed by atoms with Crippen LogP contribution in [0.1, 0.15) is 11.3 Å². The molecule has 6 nitrogen and oxygen atoms in total. The van der Waals surface area contributed by atoms with Crippen LogP contribution in [0, 0.1) is 6.92 Å². The van der Waals surface area contributed by atoms with Gasteiger partial charge in [-0.15, -0.1) is 0 Å². The Labute approximate surface area is 188 Å². The number of halogens is 1. The summed E-state index contributed by atoms with van der Waals surface area (Å²) in [7, 11) is 0. The van der Waals surface area contributed by atoms with Gasteiger partial charge in [0.05, 0.1) is 11.4 Å². The van der Waals surface area contributed by atoms with Crippen LogP contribution in [0.25, 0.3) is 16.9 Å². The second-order valence-corrected chi connectivity index (χ2v) is 8.29. The average molecular weight is 474 g/mol. The molecule has 0 spiro atoms. The summed E-state index contributed by atoms with van der Waals surface area (Å²) in [6.45, 7) is 2.59. The highest BCUT2D eigenvalue weighted by molar-refractivity contribution is 9.10. The molecule has 0 saturated heterocycles. The Balaban J connectivity index is 1.54. The molecule has 2 aromatic heterocycles. The summed E-state index contributed by atoms with van der Waals surface area (Å²) < 4.78 is 2.93. The largest absolute Gasteiger partial charge is 0.327 e. The number of hydrogen-bond acceptors (Lipinski definition) is 3. The van der Waals surface area contributed by atoms with Gasteiger partial charge >= 0.3 is 6.03 Å². The molecule has 0 atom stereocenters. The molecular weight excluding hydrogens is 454 g/mol. The molecule has 2 aromatic carbocycles. The molecule has 154 valence electrons. The molecule has 31 heavy (non-hydrogen) atoms. The summed E-state index contributed by atoms with van der Waals surface area (Å²) in [5.41, 5.74) is 5.70. The van der Waals surface area contributed by atoms with Crippen LogP contribution in [0.2, 0.25) is 0 Å². The first-order valence-electron chi connectivity index (χ1n) is 10.1. The van der Waals surface area contributed by atoms with Crippen molar-refractivity contribution in [3.05, 3.63) is 88.7 Å². The summed E-state index contributed by atoms with van der Waals surface area (Å²) in [5.74, 6) is 0.619. The van der Waals surface area contributed by atoms with Crippen LogP contribution < -0.4 is 10.2 Å². The zero-order valence-electron chi connectivity index (χ0n) is 16.9. The molecule has 3 heterocycles. The number of carbonyl (C=O) groups is 1. The molecule has 0 aliphatic carbocycles. The van der Waals surface area contributed by atoms with E-state index in [-0.39, 0.29) is 6.03 Å². The number of urea groups is 1. The predicted molar refractivity (Wildman–Crippen MR) is 126 cm³/mol. The number of nitrogens with one attached hydrogen (secondary N) is 1. The second-order valence-electron chi connectivity index (χ2n) is 7.37. The second kappa shape index (κ2) is 8.00. The molecule has 0 unspecified atom stereocenters. The lowest BCUT2D eigenvalue weighted by atomic mass is 10.1. The first kappa shape index (κ1) is 19.5. The van der Waals surface area contributed by atoms with Gasteiger partial charge in [-0.1, -0.05) is 34.1 Å². The molecule has 1 aliphatic rings. The number of aromatic nitrogens is 3. The van der Waals surface area contributed by atoms with Gasteiger partial charge < -0.3 is 5.32 Å². The average Bonchev–Trinajstić information content (AvgIpc) is 3.03. The van der Waals surface area contributed by atoms with Gasteiger partial charge in [0.25, 0.3) is 0 Å². The first-order valence-corrected chi connectivity index (χ1v) is 10.8. The van der Waals surface area contributed by atoms with Crippen molar-refractivity contribution in [3.8, 4) is 16.9 Å². The Kier molecular flexibility index (Phi) is 5.03. The van der Waals surface area contributed by atoms with Gasteiger partial charge in [-0.05, 0) is 61.9 Å². The van der Waals surface area contributed by atoms with Crippen LogP contribution in [0.4, 0.5) is 16.3 Å². The molecule has 2 amide bonds. The summed E-state index contributed by atoms with van der Waals surface area (Å²) in [5, 5.41) is 7.90. The molecule has 5 rings (SSSR count). The van der Waals surface area contributed by atoms with Crippen molar-refractivity contribution < 1.29 is 4.79 Å². The van der Waals surface area contributed by atoms with E-state index in [4.69, 9.17) is 5.10 Å². The molecule has 4 aromatic rings. The van der Waals surface area contributed by atoms with Crippen molar-refractivity contribution in [2.75, 3.05) is 16.8 Å². The van der Waals surface area contributed by atoms with E-state index in [2.05, 4.69) is 33.2 Å². The van der Waals surface area contributed by atoms with E-state index in [0.29, 0.717) is 18.8 Å². The molecule has 1 aliphatic heterocycles. The Morgan fingerprint density at radius 3 is 2.58 bits per heavy atom. The summed E-state index contributed by atoms with van der Waals surface area (Å²) in [6, 6.07) is 21.3. The van der Waals surface area contributed by atoms with E-state index in [1.165, 1.54) is 0 Å². The van der Waals surface area contributed by atoms with Gasteiger partial charge in [0.2, 0.25) is 0 Å². The Bertz CT molecular complexity index is 1250. The van der Waals surface area contributed by atoms with E-state index >= 15 is 0 Å². The highest BCUT2D eigenvalue weighted by Gasteiger charge is 2.29. The zero-order valence-corrected chi connectivity index (χ0v) is 18.5. The maximum absolute atomic E-state index is 13.2. The minimum Gasteiger partial charge on any atom is -0.308 e. The molecular formula is C24H20BrN5O. The van der Waals surface area contributed by atoms with Crippen LogP contribution in [-0.4, -0.2) is 27.3 Å². The fourth-order valence-corrected chi connectivity index (χ4v) is 4.18. The number of hydrogen-bond donors (Lipinski definition) is 1. The van der Waals surface area contributed by atoms with Crippen LogP contribution in [0.3, 0.4) is 0 Å². The number of para-hydroxylation sites is 1. The van der Waals surface area contributed by atoms with E-state index in [1.54, 1.807) is 11.1 Å². The standard InChI is InChI=1S/C24H20BrN5O/c1-16-20-13-15-29(24(31)27-18-11-9-17(25)10-12-18)23-21(8-5-14-26-23)22(20)28-30(16)19-6-3-2-4-7-19/h2-12,14H,13,15H2,1H3,(H,27,31). The third kappa shape index (κ3) is 3.61. The first-order chi connectivity index (χ1) is 15.1. The van der Waals surface area contributed by atoms with Crippen molar-refractivity contribution in [3.63, 3.8) is 0 Å². The van der Waals surface area contributed by atoms with Gasteiger partial charge in [0, 0.05) is 39.7 Å². The summed E-state index contributed by atoms with van der Waals surface area (Å²) in [6.07, 6.45) is 2.41. The number of amides is 2. The normalized spacial score (nSPS) is 12.6. The minimum absolute atomic E-state index is 0.207. The quantitative estimate of drug-likeness (QED) is 0.412. The summed E-state index contributed by atoms with van der Waals surface area (Å²) >= 11 is 3.42. The van der Waals surface area contributed by atoms with E-state index in [0.717, 1.165) is 38.4 Å². The molecule has 0 radical (unpaired) electrons. The zero-order chi connectivity index (χ0) is 21.4. The molecule has 1 N–H and O–H groups in total. The third-order valence-corrected chi connectivity index (χ3v) is 5.99. The van der Waals surface area contributed by atoms with Gasteiger partial charge in [0.15, 0.2) is 0 Å². The Morgan fingerprint density at radius 1 is 1.03 bits per heavy atom. The van der Waals surface area contributed by atoms with Crippen molar-refractivity contribution >= 4 is 33.5 Å². The fourth-order valence-electron chi connectivity index (χ4n) is 3.92. The Hall–Kier alpha value is -3.45. The van der Waals surface area contributed by atoms with Crippen LogP contribution in [-0.2, 0) is 6.42 Å². The van der Waals surface area contributed by atoms with Gasteiger partial charge in [-0.3, -0.25) is 4.90 Å². The maximum Gasteiger partial charge on any atom is 0.327 e. The van der Waals surface area contributed by atoms with Gasteiger partial charge in [-0.25, -0.2) is 14.5 Å². The lowest BCUT2D eigenvalue weighted by Crippen LogP contribution is -2.37. The monoisotopic (exact) mass is 473 g/mol. The smallest absolute Gasteiger partial charge is 0.308 e. The molecule has 0 bridgehead atoms. The molecule has 0 saturated carbocycles. The fraction of sp³-hybridized carbons (Fsp3) is 0.125. The lowest BCUT2D eigenvalue weighted by molar-refractivity contribution is 0.257. The van der Waals surface area contributed by atoms with Crippen LogP contribution in [0.15, 0.2) is 77.4 Å². The van der Waals surface area contributed by atoms with Crippen molar-refractivity contribution in [2.24, 2.45) is 0 Å². The molecule has 7 heteroatoms. The van der Waals surface area contributed by atoms with E-state index in [9.17, 15) is 4.79 Å². The van der Waals surface area contributed by atoms with Gasteiger partial charge in [0.1, 0.15) is 5.82 Å². The lowest BCUT2D eigenvalue weighted by Gasteiger charge is -2.22. The van der Waals surface area contributed by atoms with Crippen LogP contribution >= 0.6 is 15.9 Å². The SMILES string of the molecule is Cc1c2c(nn1-c1ccccc1)-c1cccnc1N(C(=O)Nc1ccc(Br)cc1)CC2. The van der Waals surface area contributed by atoms with Crippen LogP contribution in [0.5, 0.6) is 0 Å². The minimum atomic E-state index is -0.207. The number of carbonyl (C=O) groups excluding carboxylic acids is 1. The Morgan fingerprint density at radius 2 is 1.81 bits per heavy atom. The van der Waals surface area contributed by atoms with Crippen molar-refractivity contribution in [1.29, 1.82) is 0 Å². The van der Waals surface area contributed by atoms with Crippen molar-refractivity contribution in [2.45, 2.75) is 13.3 Å². The maximum atomic E-state index is 13.2. The number of rotatable bonds is 2. The number of fused-ring (bicyclic) bond motifs is 3. The highest BCUT2D eigenvalue weighted by Crippen LogP contribution is 2.36. The van der Waals surface area contributed by atoms with E-state index < -0.39 is 0 Å². The number of nitrogens with zero attached hydrogens (tertiary/aromatic N) is 4. The highest BCUT2D eigenvalue weighted by atomic mass is 79.9. The number of benzene rings is 2.